The molecule has 1 fully saturated rings. The number of unbranched alkanes of at least 4 members (excludes halogenated alkanes) is 2. The molecular formula is C15H24N2OS. The molecule has 0 radical (unpaired) electrons. The van der Waals surface area contributed by atoms with Gasteiger partial charge in [0.2, 0.25) is 5.91 Å². The minimum Gasteiger partial charge on any atom is -0.352 e. The lowest BCUT2D eigenvalue weighted by molar-refractivity contribution is -0.122. The van der Waals surface area contributed by atoms with E-state index in [2.05, 4.69) is 22.8 Å². The average molecular weight is 280 g/mol. The van der Waals surface area contributed by atoms with Gasteiger partial charge in [-0.1, -0.05) is 12.5 Å². The summed E-state index contributed by atoms with van der Waals surface area (Å²) < 4.78 is 0. The Hall–Kier alpha value is -0.870. The molecule has 0 saturated heterocycles. The second-order valence-electron chi connectivity index (χ2n) is 5.39. The Bertz CT molecular complexity index is 374. The molecule has 1 aromatic heterocycles. The third kappa shape index (κ3) is 5.33. The Morgan fingerprint density at radius 1 is 1.42 bits per heavy atom. The number of carbonyl (C=O) groups is 1. The maximum absolute atomic E-state index is 11.8. The van der Waals surface area contributed by atoms with E-state index in [1.165, 1.54) is 24.1 Å². The summed E-state index contributed by atoms with van der Waals surface area (Å²) in [5.74, 6) is 0.825. The molecule has 1 aromatic rings. The first-order valence-corrected chi connectivity index (χ1v) is 8.19. The molecule has 106 valence electrons. The standard InChI is InChI=1S/C15H24N2OS/c16-11-14(12-8-9-12)17-15(18)7-3-1-2-5-13-6-4-10-19-13/h4,6,10,12,14H,1-3,5,7-9,11,16H2,(H,17,18). The Morgan fingerprint density at radius 2 is 2.26 bits per heavy atom. The van der Waals surface area contributed by atoms with Gasteiger partial charge < -0.3 is 11.1 Å². The Labute approximate surface area is 119 Å². The fourth-order valence-electron chi connectivity index (χ4n) is 2.36. The molecule has 1 saturated carbocycles. The van der Waals surface area contributed by atoms with Crippen molar-refractivity contribution in [1.82, 2.24) is 5.32 Å². The molecule has 1 unspecified atom stereocenters. The molecule has 19 heavy (non-hydrogen) atoms. The summed E-state index contributed by atoms with van der Waals surface area (Å²) in [5.41, 5.74) is 5.68. The average Bonchev–Trinajstić information content (AvgIpc) is 3.12. The van der Waals surface area contributed by atoms with Crippen LogP contribution < -0.4 is 11.1 Å². The molecule has 0 aliphatic heterocycles. The molecule has 2 rings (SSSR count). The third-order valence-corrected chi connectivity index (χ3v) is 4.63. The van der Waals surface area contributed by atoms with Crippen LogP contribution in [0.5, 0.6) is 0 Å². The molecule has 3 nitrogen and oxygen atoms in total. The number of rotatable bonds is 9. The van der Waals surface area contributed by atoms with Crippen LogP contribution in [0.3, 0.4) is 0 Å². The van der Waals surface area contributed by atoms with Gasteiger partial charge in [0.1, 0.15) is 0 Å². The van der Waals surface area contributed by atoms with Crippen molar-refractivity contribution in [2.45, 2.75) is 51.0 Å². The van der Waals surface area contributed by atoms with Crippen molar-refractivity contribution in [3.05, 3.63) is 22.4 Å². The summed E-state index contributed by atoms with van der Waals surface area (Å²) in [6, 6.07) is 4.50. The Kier molecular flexibility index (Phi) is 5.86. The van der Waals surface area contributed by atoms with Crippen LogP contribution in [0.4, 0.5) is 0 Å². The van der Waals surface area contributed by atoms with Gasteiger partial charge >= 0.3 is 0 Å². The summed E-state index contributed by atoms with van der Waals surface area (Å²) in [7, 11) is 0. The molecule has 1 atom stereocenters. The van der Waals surface area contributed by atoms with Crippen molar-refractivity contribution in [1.29, 1.82) is 0 Å². The fourth-order valence-corrected chi connectivity index (χ4v) is 3.11. The highest BCUT2D eigenvalue weighted by Crippen LogP contribution is 2.32. The normalized spacial score (nSPS) is 16.3. The first kappa shape index (κ1) is 14.5. The first-order valence-electron chi connectivity index (χ1n) is 7.31. The van der Waals surface area contributed by atoms with Gasteiger partial charge in [-0.05, 0) is 49.5 Å². The number of carbonyl (C=O) groups excluding carboxylic acids is 1. The van der Waals surface area contributed by atoms with E-state index in [0.29, 0.717) is 18.9 Å². The monoisotopic (exact) mass is 280 g/mol. The minimum atomic E-state index is 0.179. The summed E-state index contributed by atoms with van der Waals surface area (Å²) in [6.45, 7) is 0.578. The molecule has 1 amide bonds. The molecule has 0 bridgehead atoms. The van der Waals surface area contributed by atoms with Crippen LogP contribution in [0.25, 0.3) is 0 Å². The van der Waals surface area contributed by atoms with Gasteiger partial charge in [-0.2, -0.15) is 0 Å². The van der Waals surface area contributed by atoms with Crippen LogP contribution in [0.15, 0.2) is 17.5 Å². The van der Waals surface area contributed by atoms with E-state index in [0.717, 1.165) is 19.3 Å². The highest BCUT2D eigenvalue weighted by Gasteiger charge is 2.30. The largest absolute Gasteiger partial charge is 0.352 e. The second kappa shape index (κ2) is 7.65. The van der Waals surface area contributed by atoms with Crippen molar-refractivity contribution < 1.29 is 4.79 Å². The molecule has 4 heteroatoms. The minimum absolute atomic E-state index is 0.179. The molecule has 0 aromatic carbocycles. The van der Waals surface area contributed by atoms with Crippen LogP contribution in [0, 0.1) is 5.92 Å². The van der Waals surface area contributed by atoms with E-state index in [1.807, 2.05) is 11.3 Å². The third-order valence-electron chi connectivity index (χ3n) is 3.70. The topological polar surface area (TPSA) is 55.1 Å². The number of nitrogens with one attached hydrogen (secondary N) is 1. The van der Waals surface area contributed by atoms with Crippen LogP contribution in [-0.2, 0) is 11.2 Å². The highest BCUT2D eigenvalue weighted by atomic mass is 32.1. The number of hydrogen-bond donors (Lipinski definition) is 2. The fraction of sp³-hybridized carbons (Fsp3) is 0.667. The molecule has 1 aliphatic carbocycles. The summed E-state index contributed by atoms with van der Waals surface area (Å²) in [5, 5.41) is 5.19. The van der Waals surface area contributed by atoms with E-state index >= 15 is 0 Å². The lowest BCUT2D eigenvalue weighted by Gasteiger charge is -2.15. The smallest absolute Gasteiger partial charge is 0.220 e. The molecular weight excluding hydrogens is 256 g/mol. The second-order valence-corrected chi connectivity index (χ2v) is 6.42. The Balaban J connectivity index is 1.51. The zero-order valence-electron chi connectivity index (χ0n) is 11.4. The van der Waals surface area contributed by atoms with Gasteiger partial charge in [-0.3, -0.25) is 4.79 Å². The van der Waals surface area contributed by atoms with Gasteiger partial charge in [-0.15, -0.1) is 11.3 Å². The maximum atomic E-state index is 11.8. The summed E-state index contributed by atoms with van der Waals surface area (Å²) >= 11 is 1.82. The van der Waals surface area contributed by atoms with Crippen LogP contribution >= 0.6 is 11.3 Å². The number of thiophene rings is 1. The van der Waals surface area contributed by atoms with E-state index < -0.39 is 0 Å². The summed E-state index contributed by atoms with van der Waals surface area (Å²) in [6.07, 6.45) is 7.53. The van der Waals surface area contributed by atoms with Crippen LogP contribution in [0.2, 0.25) is 0 Å². The van der Waals surface area contributed by atoms with E-state index in [1.54, 1.807) is 0 Å². The van der Waals surface area contributed by atoms with Gasteiger partial charge in [0, 0.05) is 23.9 Å². The SMILES string of the molecule is NCC(NC(=O)CCCCCc1cccs1)C1CC1. The number of aryl methyl sites for hydroxylation is 1. The quantitative estimate of drug-likeness (QED) is 0.683. The number of amides is 1. The van der Waals surface area contributed by atoms with Gasteiger partial charge in [-0.25, -0.2) is 0 Å². The Morgan fingerprint density at radius 3 is 2.89 bits per heavy atom. The van der Waals surface area contributed by atoms with Crippen LogP contribution in [-0.4, -0.2) is 18.5 Å². The van der Waals surface area contributed by atoms with E-state index in [9.17, 15) is 4.79 Å². The predicted octanol–water partition coefficient (Wildman–Crippen LogP) is 2.70. The predicted molar refractivity (Wildman–Crippen MR) is 80.2 cm³/mol. The number of hydrogen-bond acceptors (Lipinski definition) is 3. The lowest BCUT2D eigenvalue weighted by atomic mass is 10.1. The zero-order valence-corrected chi connectivity index (χ0v) is 12.3. The van der Waals surface area contributed by atoms with Crippen molar-refractivity contribution in [3.63, 3.8) is 0 Å². The maximum Gasteiger partial charge on any atom is 0.220 e. The van der Waals surface area contributed by atoms with Crippen molar-refractivity contribution in [2.24, 2.45) is 11.7 Å². The molecule has 0 spiro atoms. The summed E-state index contributed by atoms with van der Waals surface area (Å²) in [4.78, 5) is 13.2. The van der Waals surface area contributed by atoms with Crippen molar-refractivity contribution in [2.75, 3.05) is 6.54 Å². The van der Waals surface area contributed by atoms with Crippen LogP contribution in [0.1, 0.15) is 43.4 Å². The number of nitrogens with two attached hydrogens (primary N) is 1. The highest BCUT2D eigenvalue weighted by molar-refractivity contribution is 7.09. The molecule has 3 N–H and O–H groups in total. The van der Waals surface area contributed by atoms with Crippen molar-refractivity contribution in [3.8, 4) is 0 Å². The zero-order chi connectivity index (χ0) is 13.5. The molecule has 1 heterocycles. The molecule has 1 aliphatic rings. The first-order chi connectivity index (χ1) is 9.29. The van der Waals surface area contributed by atoms with Gasteiger partial charge in [0.25, 0.3) is 0 Å². The van der Waals surface area contributed by atoms with Gasteiger partial charge in [0.15, 0.2) is 0 Å². The van der Waals surface area contributed by atoms with Crippen molar-refractivity contribution >= 4 is 17.2 Å². The van der Waals surface area contributed by atoms with E-state index in [4.69, 9.17) is 5.73 Å². The lowest BCUT2D eigenvalue weighted by Crippen LogP contribution is -2.41. The van der Waals surface area contributed by atoms with E-state index in [-0.39, 0.29) is 11.9 Å². The van der Waals surface area contributed by atoms with Gasteiger partial charge in [0.05, 0.1) is 0 Å².